The second kappa shape index (κ2) is 6.98. The van der Waals surface area contributed by atoms with Crippen LogP contribution in [0.4, 0.5) is 4.39 Å². The van der Waals surface area contributed by atoms with Gasteiger partial charge in [-0.25, -0.2) is 4.39 Å². The zero-order chi connectivity index (χ0) is 13.7. The van der Waals surface area contributed by atoms with E-state index < -0.39 is 0 Å². The summed E-state index contributed by atoms with van der Waals surface area (Å²) >= 11 is 0. The first-order chi connectivity index (χ1) is 9.19. The second-order valence-corrected chi connectivity index (χ2v) is 5.44. The molecule has 0 aromatic heterocycles. The lowest BCUT2D eigenvalue weighted by molar-refractivity contribution is 0.118. The van der Waals surface area contributed by atoms with Gasteiger partial charge in [0.1, 0.15) is 5.82 Å². The fourth-order valence-electron chi connectivity index (χ4n) is 2.70. The van der Waals surface area contributed by atoms with Crippen LogP contribution in [0.2, 0.25) is 0 Å². The standard InChI is InChI=1S/C15H23FN2O/c16-14-5-3-13(4-6-14)15(17)7-9-18-8-1-2-12(10-18)11-19/h3-6,12,15,19H,1-2,7-11,17H2. The summed E-state index contributed by atoms with van der Waals surface area (Å²) in [6.07, 6.45) is 3.14. The van der Waals surface area contributed by atoms with Gasteiger partial charge in [0, 0.05) is 19.2 Å². The van der Waals surface area contributed by atoms with Crippen molar-refractivity contribution in [1.29, 1.82) is 0 Å². The molecule has 0 radical (unpaired) electrons. The van der Waals surface area contributed by atoms with Gasteiger partial charge >= 0.3 is 0 Å². The van der Waals surface area contributed by atoms with E-state index in [4.69, 9.17) is 5.73 Å². The topological polar surface area (TPSA) is 49.5 Å². The number of aliphatic hydroxyl groups is 1. The summed E-state index contributed by atoms with van der Waals surface area (Å²) in [6.45, 7) is 3.27. The summed E-state index contributed by atoms with van der Waals surface area (Å²) in [4.78, 5) is 2.37. The Hall–Kier alpha value is -0.970. The monoisotopic (exact) mass is 266 g/mol. The SMILES string of the molecule is NC(CCN1CCCC(CO)C1)c1ccc(F)cc1. The van der Waals surface area contributed by atoms with Crippen LogP contribution in [0.15, 0.2) is 24.3 Å². The molecule has 0 spiro atoms. The molecule has 0 saturated carbocycles. The van der Waals surface area contributed by atoms with Crippen molar-refractivity contribution in [3.05, 3.63) is 35.6 Å². The second-order valence-electron chi connectivity index (χ2n) is 5.44. The summed E-state index contributed by atoms with van der Waals surface area (Å²) in [5.41, 5.74) is 7.11. The molecule has 2 unspecified atom stereocenters. The van der Waals surface area contributed by atoms with Crippen LogP contribution in [0.25, 0.3) is 0 Å². The van der Waals surface area contributed by atoms with Gasteiger partial charge in [-0.2, -0.15) is 0 Å². The summed E-state index contributed by atoms with van der Waals surface area (Å²) in [6, 6.07) is 6.38. The Balaban J connectivity index is 1.79. The quantitative estimate of drug-likeness (QED) is 0.856. The Kier molecular flexibility index (Phi) is 5.31. The van der Waals surface area contributed by atoms with Crippen molar-refractivity contribution in [2.24, 2.45) is 11.7 Å². The first-order valence-corrected chi connectivity index (χ1v) is 7.03. The van der Waals surface area contributed by atoms with Crippen LogP contribution < -0.4 is 5.73 Å². The zero-order valence-corrected chi connectivity index (χ0v) is 11.3. The molecule has 4 heteroatoms. The number of likely N-dealkylation sites (tertiary alicyclic amines) is 1. The van der Waals surface area contributed by atoms with Crippen LogP contribution in [0.1, 0.15) is 30.9 Å². The normalized spacial score (nSPS) is 22.4. The van der Waals surface area contributed by atoms with E-state index in [-0.39, 0.29) is 18.5 Å². The van der Waals surface area contributed by atoms with Crippen LogP contribution in [0.5, 0.6) is 0 Å². The molecule has 1 heterocycles. The van der Waals surface area contributed by atoms with E-state index in [1.807, 2.05) is 0 Å². The van der Waals surface area contributed by atoms with Gasteiger partial charge in [-0.1, -0.05) is 12.1 Å². The van der Waals surface area contributed by atoms with E-state index in [1.165, 1.54) is 12.1 Å². The molecular weight excluding hydrogens is 243 g/mol. The molecule has 3 nitrogen and oxygen atoms in total. The van der Waals surface area contributed by atoms with Gasteiger partial charge < -0.3 is 15.7 Å². The third kappa shape index (κ3) is 4.27. The van der Waals surface area contributed by atoms with Gasteiger partial charge in [-0.3, -0.25) is 0 Å². The van der Waals surface area contributed by atoms with Gasteiger partial charge in [-0.05, 0) is 56.0 Å². The Labute approximate surface area is 114 Å². The predicted molar refractivity (Wildman–Crippen MR) is 74.2 cm³/mol. The lowest BCUT2D eigenvalue weighted by atomic mass is 9.98. The van der Waals surface area contributed by atoms with Crippen LogP contribution >= 0.6 is 0 Å². The molecule has 1 saturated heterocycles. The average Bonchev–Trinajstić information content (AvgIpc) is 2.46. The summed E-state index contributed by atoms with van der Waals surface area (Å²) in [7, 11) is 0. The fourth-order valence-corrected chi connectivity index (χ4v) is 2.70. The number of nitrogens with zero attached hydrogens (tertiary/aromatic N) is 1. The Morgan fingerprint density at radius 3 is 2.79 bits per heavy atom. The molecule has 1 aromatic carbocycles. The summed E-state index contributed by atoms with van der Waals surface area (Å²) < 4.78 is 12.8. The van der Waals surface area contributed by atoms with Gasteiger partial charge in [0.25, 0.3) is 0 Å². The lowest BCUT2D eigenvalue weighted by Gasteiger charge is -2.32. The van der Waals surface area contributed by atoms with Gasteiger partial charge in [0.05, 0.1) is 0 Å². The van der Waals surface area contributed by atoms with Crippen LogP contribution in [0, 0.1) is 11.7 Å². The molecule has 1 aliphatic heterocycles. The summed E-state index contributed by atoms with van der Waals surface area (Å²) in [5, 5.41) is 9.20. The number of piperidine rings is 1. The molecule has 2 rings (SSSR count). The number of halogens is 1. The smallest absolute Gasteiger partial charge is 0.123 e. The zero-order valence-electron chi connectivity index (χ0n) is 11.3. The highest BCUT2D eigenvalue weighted by molar-refractivity contribution is 5.19. The van der Waals surface area contributed by atoms with Gasteiger partial charge in [0.15, 0.2) is 0 Å². The molecule has 3 N–H and O–H groups in total. The average molecular weight is 266 g/mol. The van der Waals surface area contributed by atoms with Crippen molar-refractivity contribution < 1.29 is 9.50 Å². The van der Waals surface area contributed by atoms with Crippen molar-refractivity contribution in [2.45, 2.75) is 25.3 Å². The van der Waals surface area contributed by atoms with E-state index in [2.05, 4.69) is 4.90 Å². The fraction of sp³-hybridized carbons (Fsp3) is 0.600. The number of nitrogens with two attached hydrogens (primary N) is 1. The van der Waals surface area contributed by atoms with E-state index in [9.17, 15) is 9.50 Å². The Morgan fingerprint density at radius 2 is 2.11 bits per heavy atom. The van der Waals surface area contributed by atoms with Crippen molar-refractivity contribution in [1.82, 2.24) is 4.90 Å². The van der Waals surface area contributed by atoms with Crippen LogP contribution in [-0.2, 0) is 0 Å². The molecule has 1 fully saturated rings. The summed E-state index contributed by atoms with van der Waals surface area (Å²) in [5.74, 6) is 0.188. The van der Waals surface area contributed by atoms with E-state index >= 15 is 0 Å². The van der Waals surface area contributed by atoms with Crippen molar-refractivity contribution in [3.8, 4) is 0 Å². The molecule has 2 atom stereocenters. The molecule has 1 aromatic rings. The third-order valence-corrected chi connectivity index (χ3v) is 3.92. The third-order valence-electron chi connectivity index (χ3n) is 3.92. The number of aliphatic hydroxyl groups excluding tert-OH is 1. The molecule has 106 valence electrons. The minimum Gasteiger partial charge on any atom is -0.396 e. The van der Waals surface area contributed by atoms with Gasteiger partial charge in [0.2, 0.25) is 0 Å². The molecule has 0 aliphatic carbocycles. The number of benzene rings is 1. The van der Waals surface area contributed by atoms with E-state index in [0.29, 0.717) is 5.92 Å². The maximum Gasteiger partial charge on any atom is 0.123 e. The highest BCUT2D eigenvalue weighted by Gasteiger charge is 2.19. The molecule has 1 aliphatic rings. The van der Waals surface area contributed by atoms with Crippen molar-refractivity contribution in [3.63, 3.8) is 0 Å². The van der Waals surface area contributed by atoms with E-state index in [1.54, 1.807) is 12.1 Å². The molecule has 0 amide bonds. The van der Waals surface area contributed by atoms with Crippen molar-refractivity contribution >= 4 is 0 Å². The van der Waals surface area contributed by atoms with Crippen LogP contribution in [0.3, 0.4) is 0 Å². The molecule has 0 bridgehead atoms. The lowest BCUT2D eigenvalue weighted by Crippen LogP contribution is -2.38. The largest absolute Gasteiger partial charge is 0.396 e. The Morgan fingerprint density at radius 1 is 1.37 bits per heavy atom. The minimum atomic E-state index is -0.224. The first-order valence-electron chi connectivity index (χ1n) is 7.03. The first kappa shape index (κ1) is 14.4. The van der Waals surface area contributed by atoms with Gasteiger partial charge in [-0.15, -0.1) is 0 Å². The number of rotatable bonds is 5. The van der Waals surface area contributed by atoms with E-state index in [0.717, 1.165) is 44.5 Å². The molecule has 19 heavy (non-hydrogen) atoms. The Bertz CT molecular complexity index is 382. The molecular formula is C15H23FN2O. The maximum atomic E-state index is 12.8. The maximum absolute atomic E-state index is 12.8. The number of hydrogen-bond donors (Lipinski definition) is 2. The van der Waals surface area contributed by atoms with Crippen molar-refractivity contribution in [2.75, 3.05) is 26.2 Å². The number of hydrogen-bond acceptors (Lipinski definition) is 3. The minimum absolute atomic E-state index is 0.0462. The van der Waals surface area contributed by atoms with Crippen LogP contribution in [-0.4, -0.2) is 36.2 Å². The predicted octanol–water partition coefficient (Wildman–Crippen LogP) is 1.92. The highest BCUT2D eigenvalue weighted by atomic mass is 19.1. The highest BCUT2D eigenvalue weighted by Crippen LogP contribution is 2.19.